The molecule has 0 bridgehead atoms. The second-order valence-corrected chi connectivity index (χ2v) is 6.03. The minimum absolute atomic E-state index is 0.0627. The highest BCUT2D eigenvalue weighted by atomic mass is 35.5. The number of nitrogens with one attached hydrogen (secondary N) is 1. The zero-order chi connectivity index (χ0) is 13.1. The van der Waals surface area contributed by atoms with Gasteiger partial charge in [-0.2, -0.15) is 0 Å². The molecule has 0 saturated carbocycles. The fourth-order valence-corrected chi connectivity index (χ4v) is 2.56. The van der Waals surface area contributed by atoms with Gasteiger partial charge >= 0.3 is 0 Å². The Hall–Kier alpha value is -1.27. The number of halogens is 1. The lowest BCUT2D eigenvalue weighted by Gasteiger charge is -2.23. The summed E-state index contributed by atoms with van der Waals surface area (Å²) in [6.07, 6.45) is 0. The minimum Gasteiger partial charge on any atom is -0.386 e. The lowest BCUT2D eigenvalue weighted by atomic mass is 10.3. The third kappa shape index (κ3) is 3.61. The number of sulfonamides is 1. The number of nitrogens with zero attached hydrogens (tertiary/aromatic N) is 1. The molecule has 0 radical (unpaired) electrons. The molecule has 0 aliphatic rings. The van der Waals surface area contributed by atoms with Gasteiger partial charge in [-0.15, -0.1) is 0 Å². The number of hydrogen-bond acceptors (Lipinski definition) is 3. The summed E-state index contributed by atoms with van der Waals surface area (Å²) in [5.41, 5.74) is 5.68. The SMILES string of the molecule is CCS(=O)(=O)N(CC(=N)N)c1cccc(Cl)c1. The number of hydrogen-bond donors (Lipinski definition) is 2. The number of rotatable bonds is 5. The van der Waals surface area contributed by atoms with E-state index in [4.69, 9.17) is 22.7 Å². The smallest absolute Gasteiger partial charge is 0.235 e. The normalized spacial score (nSPS) is 11.2. The molecular weight excluding hydrogens is 262 g/mol. The van der Waals surface area contributed by atoms with Gasteiger partial charge in [-0.3, -0.25) is 9.71 Å². The second-order valence-electron chi connectivity index (χ2n) is 3.41. The van der Waals surface area contributed by atoms with Crippen LogP contribution in [0.25, 0.3) is 0 Å². The van der Waals surface area contributed by atoms with Gasteiger partial charge in [-0.25, -0.2) is 8.42 Å². The van der Waals surface area contributed by atoms with E-state index in [1.807, 2.05) is 0 Å². The van der Waals surface area contributed by atoms with E-state index in [0.29, 0.717) is 10.7 Å². The first-order valence-corrected chi connectivity index (χ1v) is 6.94. The molecule has 0 fully saturated rings. The van der Waals surface area contributed by atoms with Crippen molar-refractivity contribution in [2.45, 2.75) is 6.92 Å². The van der Waals surface area contributed by atoms with Crippen LogP contribution in [-0.2, 0) is 10.0 Å². The molecule has 1 aromatic carbocycles. The van der Waals surface area contributed by atoms with E-state index in [-0.39, 0.29) is 18.1 Å². The molecule has 17 heavy (non-hydrogen) atoms. The molecule has 0 amide bonds. The first-order valence-electron chi connectivity index (χ1n) is 4.95. The Morgan fingerprint density at radius 2 is 2.18 bits per heavy atom. The number of anilines is 1. The Bertz CT molecular complexity index is 516. The highest BCUT2D eigenvalue weighted by molar-refractivity contribution is 7.92. The topological polar surface area (TPSA) is 87.2 Å². The zero-order valence-electron chi connectivity index (χ0n) is 9.35. The van der Waals surface area contributed by atoms with Crippen LogP contribution >= 0.6 is 11.6 Å². The fraction of sp³-hybridized carbons (Fsp3) is 0.300. The molecule has 0 saturated heterocycles. The van der Waals surface area contributed by atoms with Crippen molar-refractivity contribution in [1.29, 1.82) is 5.41 Å². The molecule has 1 aromatic rings. The standard InChI is InChI=1S/C10H14ClN3O2S/c1-2-17(15,16)14(7-10(12)13)9-5-3-4-8(11)6-9/h3-6H,2,7H2,1H3,(H3,12,13). The highest BCUT2D eigenvalue weighted by Gasteiger charge is 2.21. The van der Waals surface area contributed by atoms with Gasteiger partial charge < -0.3 is 5.73 Å². The molecule has 7 heteroatoms. The molecule has 1 rings (SSSR count). The van der Waals surface area contributed by atoms with E-state index < -0.39 is 10.0 Å². The van der Waals surface area contributed by atoms with Crippen molar-refractivity contribution in [2.75, 3.05) is 16.6 Å². The van der Waals surface area contributed by atoms with Gasteiger partial charge in [0.25, 0.3) is 0 Å². The molecule has 0 aliphatic heterocycles. The molecule has 3 N–H and O–H groups in total. The third-order valence-electron chi connectivity index (χ3n) is 2.11. The summed E-state index contributed by atoms with van der Waals surface area (Å²) in [5, 5.41) is 7.65. The van der Waals surface area contributed by atoms with E-state index in [1.54, 1.807) is 18.2 Å². The summed E-state index contributed by atoms with van der Waals surface area (Å²) in [4.78, 5) is 0. The summed E-state index contributed by atoms with van der Waals surface area (Å²) in [6.45, 7) is 1.36. The van der Waals surface area contributed by atoms with Gasteiger partial charge in [0.05, 0.1) is 18.0 Å². The van der Waals surface area contributed by atoms with Crippen LogP contribution in [0.15, 0.2) is 24.3 Å². The maximum Gasteiger partial charge on any atom is 0.235 e. The highest BCUT2D eigenvalue weighted by Crippen LogP contribution is 2.22. The summed E-state index contributed by atoms with van der Waals surface area (Å²) in [6, 6.07) is 6.44. The average molecular weight is 276 g/mol. The van der Waals surface area contributed by atoms with Crippen molar-refractivity contribution in [3.63, 3.8) is 0 Å². The lowest BCUT2D eigenvalue weighted by molar-refractivity contribution is 0.594. The van der Waals surface area contributed by atoms with E-state index in [0.717, 1.165) is 4.31 Å². The average Bonchev–Trinajstić information content (AvgIpc) is 2.25. The number of nitrogens with two attached hydrogens (primary N) is 1. The zero-order valence-corrected chi connectivity index (χ0v) is 10.9. The lowest BCUT2D eigenvalue weighted by Crippen LogP contribution is -2.39. The molecule has 94 valence electrons. The van der Waals surface area contributed by atoms with E-state index in [1.165, 1.54) is 13.0 Å². The number of benzene rings is 1. The van der Waals surface area contributed by atoms with Crippen LogP contribution in [-0.4, -0.2) is 26.6 Å². The van der Waals surface area contributed by atoms with Crippen LogP contribution < -0.4 is 10.0 Å². The summed E-state index contributed by atoms with van der Waals surface area (Å²) < 4.78 is 24.8. The molecule has 0 heterocycles. The van der Waals surface area contributed by atoms with Gasteiger partial charge in [0, 0.05) is 5.02 Å². The first kappa shape index (κ1) is 13.8. The Morgan fingerprint density at radius 3 is 2.65 bits per heavy atom. The fourth-order valence-electron chi connectivity index (χ4n) is 1.29. The van der Waals surface area contributed by atoms with Gasteiger partial charge in [-0.1, -0.05) is 17.7 Å². The second kappa shape index (κ2) is 5.37. The Morgan fingerprint density at radius 1 is 1.53 bits per heavy atom. The maximum atomic E-state index is 11.9. The van der Waals surface area contributed by atoms with Crippen molar-refractivity contribution in [1.82, 2.24) is 0 Å². The van der Waals surface area contributed by atoms with Crippen LogP contribution in [0.2, 0.25) is 5.02 Å². The quantitative estimate of drug-likeness (QED) is 0.629. The predicted molar refractivity (Wildman–Crippen MR) is 70.2 cm³/mol. The van der Waals surface area contributed by atoms with E-state index >= 15 is 0 Å². The first-order chi connectivity index (χ1) is 7.86. The number of amidine groups is 1. The van der Waals surface area contributed by atoms with Crippen molar-refractivity contribution < 1.29 is 8.42 Å². The molecule has 0 aromatic heterocycles. The van der Waals surface area contributed by atoms with Gasteiger partial charge in [0.1, 0.15) is 5.84 Å². The van der Waals surface area contributed by atoms with Crippen LogP contribution in [0.4, 0.5) is 5.69 Å². The third-order valence-corrected chi connectivity index (χ3v) is 4.09. The van der Waals surface area contributed by atoms with Crippen molar-refractivity contribution >= 4 is 33.1 Å². The molecule has 0 unspecified atom stereocenters. The van der Waals surface area contributed by atoms with Crippen LogP contribution in [0, 0.1) is 5.41 Å². The van der Waals surface area contributed by atoms with Crippen LogP contribution in [0.1, 0.15) is 6.92 Å². The monoisotopic (exact) mass is 275 g/mol. The molecular formula is C10H14ClN3O2S. The Labute approximate surface area is 106 Å². The minimum atomic E-state index is -3.47. The Balaban J connectivity index is 3.20. The van der Waals surface area contributed by atoms with E-state index in [9.17, 15) is 8.42 Å². The van der Waals surface area contributed by atoms with Crippen molar-refractivity contribution in [3.8, 4) is 0 Å². The molecule has 0 aliphatic carbocycles. The van der Waals surface area contributed by atoms with Crippen LogP contribution in [0.3, 0.4) is 0 Å². The molecule has 0 atom stereocenters. The van der Waals surface area contributed by atoms with Crippen molar-refractivity contribution in [3.05, 3.63) is 29.3 Å². The molecule has 5 nitrogen and oxygen atoms in total. The largest absolute Gasteiger partial charge is 0.386 e. The van der Waals surface area contributed by atoms with Gasteiger partial charge in [0.15, 0.2) is 0 Å². The van der Waals surface area contributed by atoms with Crippen molar-refractivity contribution in [2.24, 2.45) is 5.73 Å². The summed E-state index contributed by atoms with van der Waals surface area (Å²) in [5.74, 6) is -0.283. The van der Waals surface area contributed by atoms with Crippen LogP contribution in [0.5, 0.6) is 0 Å². The Kier molecular flexibility index (Phi) is 4.36. The van der Waals surface area contributed by atoms with E-state index in [2.05, 4.69) is 0 Å². The maximum absolute atomic E-state index is 11.9. The summed E-state index contributed by atoms with van der Waals surface area (Å²) in [7, 11) is -3.47. The van der Waals surface area contributed by atoms with Gasteiger partial charge in [-0.05, 0) is 25.1 Å². The molecule has 0 spiro atoms. The summed E-state index contributed by atoms with van der Waals surface area (Å²) >= 11 is 5.81. The predicted octanol–water partition coefficient (Wildman–Crippen LogP) is 1.43. The van der Waals surface area contributed by atoms with Gasteiger partial charge in [0.2, 0.25) is 10.0 Å².